The lowest BCUT2D eigenvalue weighted by atomic mass is 9.84. The Hall–Kier alpha value is -0.900. The fourth-order valence-corrected chi connectivity index (χ4v) is 3.18. The highest BCUT2D eigenvalue weighted by atomic mass is 16.7. The second-order valence-corrected chi connectivity index (χ2v) is 6.35. The van der Waals surface area contributed by atoms with Crippen LogP contribution in [-0.2, 0) is 14.9 Å². The van der Waals surface area contributed by atoms with E-state index in [1.54, 1.807) is 0 Å². The van der Waals surface area contributed by atoms with E-state index in [2.05, 4.69) is 31.2 Å². The van der Waals surface area contributed by atoms with Crippen molar-refractivity contribution >= 4 is 0 Å². The first kappa shape index (κ1) is 13.1. The van der Waals surface area contributed by atoms with Crippen molar-refractivity contribution in [3.8, 4) is 0 Å². The molecule has 0 amide bonds. The molecule has 2 unspecified atom stereocenters. The van der Waals surface area contributed by atoms with Crippen molar-refractivity contribution in [1.29, 1.82) is 0 Å². The third-order valence-corrected chi connectivity index (χ3v) is 4.51. The van der Waals surface area contributed by atoms with Gasteiger partial charge in [-0.2, -0.15) is 0 Å². The van der Waals surface area contributed by atoms with Gasteiger partial charge in [-0.25, -0.2) is 0 Å². The fraction of sp³-hybridized carbons (Fsp3) is 0.625. The maximum atomic E-state index is 6.21. The quantitative estimate of drug-likeness (QED) is 0.910. The zero-order valence-electron chi connectivity index (χ0n) is 12.0. The van der Waals surface area contributed by atoms with Crippen LogP contribution in [0.25, 0.3) is 0 Å². The minimum Gasteiger partial charge on any atom is -0.347 e. The van der Waals surface area contributed by atoms with Crippen LogP contribution in [0.2, 0.25) is 0 Å². The average Bonchev–Trinajstić information content (AvgIpc) is 3.09. The lowest BCUT2D eigenvalue weighted by Gasteiger charge is -2.25. The van der Waals surface area contributed by atoms with Crippen LogP contribution in [0.5, 0.6) is 0 Å². The number of rotatable bonds is 3. The molecular weight excluding hydrogens is 238 g/mol. The highest BCUT2D eigenvalue weighted by Crippen LogP contribution is 2.53. The maximum absolute atomic E-state index is 6.21. The predicted molar refractivity (Wildman–Crippen MR) is 74.9 cm³/mol. The Morgan fingerprint density at radius 2 is 1.95 bits per heavy atom. The molecule has 1 aromatic rings. The smallest absolute Gasteiger partial charge is 0.163 e. The zero-order chi connectivity index (χ0) is 13.7. The van der Waals surface area contributed by atoms with E-state index in [4.69, 9.17) is 15.2 Å². The van der Waals surface area contributed by atoms with E-state index in [1.165, 1.54) is 24.0 Å². The number of ether oxygens (including phenoxy) is 2. The molecule has 1 aromatic carbocycles. The van der Waals surface area contributed by atoms with Crippen LogP contribution >= 0.6 is 0 Å². The number of hydrogen-bond acceptors (Lipinski definition) is 3. The minimum atomic E-state index is -0.483. The van der Waals surface area contributed by atoms with Gasteiger partial charge in [-0.05, 0) is 44.7 Å². The van der Waals surface area contributed by atoms with Crippen molar-refractivity contribution in [3.05, 3.63) is 35.4 Å². The molecule has 1 aliphatic heterocycles. The summed E-state index contributed by atoms with van der Waals surface area (Å²) in [6.07, 6.45) is 2.39. The number of hydrogen-bond donors (Lipinski definition) is 1. The fourth-order valence-electron chi connectivity index (χ4n) is 3.18. The second kappa shape index (κ2) is 4.30. The standard InChI is InChI=1S/C16H23NO2/c1-11(17)16(8-9-16)13-7-5-4-6-12(13)14-10-18-15(2,3)19-14/h4-7,11,14H,8-10,17H2,1-3H3. The van der Waals surface area contributed by atoms with Gasteiger partial charge in [-0.3, -0.25) is 0 Å². The van der Waals surface area contributed by atoms with E-state index in [0.717, 1.165) is 0 Å². The van der Waals surface area contributed by atoms with Gasteiger partial charge in [-0.15, -0.1) is 0 Å². The lowest BCUT2D eigenvalue weighted by Crippen LogP contribution is -2.33. The molecule has 0 aromatic heterocycles. The van der Waals surface area contributed by atoms with Gasteiger partial charge >= 0.3 is 0 Å². The normalized spacial score (nSPS) is 29.2. The molecule has 1 saturated carbocycles. The molecule has 0 spiro atoms. The summed E-state index contributed by atoms with van der Waals surface area (Å²) in [7, 11) is 0. The van der Waals surface area contributed by atoms with Crippen LogP contribution in [0, 0.1) is 0 Å². The first-order valence-electron chi connectivity index (χ1n) is 7.11. The predicted octanol–water partition coefficient (Wildman–Crippen LogP) is 2.89. The van der Waals surface area contributed by atoms with Crippen LogP contribution in [-0.4, -0.2) is 18.4 Å². The molecular formula is C16H23NO2. The topological polar surface area (TPSA) is 44.5 Å². The molecule has 1 aliphatic carbocycles. The molecule has 3 nitrogen and oxygen atoms in total. The SMILES string of the molecule is CC(N)C1(c2ccccc2C2COC(C)(C)O2)CC1. The summed E-state index contributed by atoms with van der Waals surface area (Å²) in [5.41, 5.74) is 8.98. The Morgan fingerprint density at radius 1 is 1.26 bits per heavy atom. The van der Waals surface area contributed by atoms with Gasteiger partial charge in [0.05, 0.1) is 6.61 Å². The van der Waals surface area contributed by atoms with Crippen LogP contribution in [0.3, 0.4) is 0 Å². The van der Waals surface area contributed by atoms with Crippen LogP contribution in [0.4, 0.5) is 0 Å². The maximum Gasteiger partial charge on any atom is 0.163 e. The molecule has 2 aliphatic rings. The van der Waals surface area contributed by atoms with Gasteiger partial charge in [-0.1, -0.05) is 24.3 Å². The number of nitrogens with two attached hydrogens (primary N) is 1. The Morgan fingerprint density at radius 3 is 2.47 bits per heavy atom. The largest absolute Gasteiger partial charge is 0.347 e. The highest BCUT2D eigenvalue weighted by Gasteiger charge is 2.49. The van der Waals surface area contributed by atoms with Gasteiger partial charge in [0.2, 0.25) is 0 Å². The van der Waals surface area contributed by atoms with Crippen molar-refractivity contribution in [1.82, 2.24) is 0 Å². The van der Waals surface area contributed by atoms with Crippen molar-refractivity contribution in [2.45, 2.75) is 57.0 Å². The summed E-state index contributed by atoms with van der Waals surface area (Å²) in [5.74, 6) is -0.483. The molecule has 2 N–H and O–H groups in total. The molecule has 19 heavy (non-hydrogen) atoms. The number of benzene rings is 1. The molecule has 104 valence electrons. The van der Waals surface area contributed by atoms with E-state index in [0.29, 0.717) is 6.61 Å². The summed E-state index contributed by atoms with van der Waals surface area (Å²) < 4.78 is 11.7. The zero-order valence-corrected chi connectivity index (χ0v) is 12.0. The highest BCUT2D eigenvalue weighted by molar-refractivity contribution is 5.41. The summed E-state index contributed by atoms with van der Waals surface area (Å²) in [4.78, 5) is 0. The Labute approximate surface area is 115 Å². The third-order valence-electron chi connectivity index (χ3n) is 4.51. The molecule has 1 saturated heterocycles. The van der Waals surface area contributed by atoms with Crippen LogP contribution < -0.4 is 5.73 Å². The van der Waals surface area contributed by atoms with Gasteiger partial charge in [0.1, 0.15) is 6.10 Å². The van der Waals surface area contributed by atoms with Crippen molar-refractivity contribution < 1.29 is 9.47 Å². The second-order valence-electron chi connectivity index (χ2n) is 6.35. The first-order chi connectivity index (χ1) is 8.95. The lowest BCUT2D eigenvalue weighted by molar-refractivity contribution is -0.139. The molecule has 0 radical (unpaired) electrons. The summed E-state index contributed by atoms with van der Waals surface area (Å²) in [6, 6.07) is 8.73. The Kier molecular flexibility index (Phi) is 2.97. The van der Waals surface area contributed by atoms with E-state index >= 15 is 0 Å². The van der Waals surface area contributed by atoms with E-state index in [-0.39, 0.29) is 17.6 Å². The molecule has 2 atom stereocenters. The van der Waals surface area contributed by atoms with E-state index in [1.807, 2.05) is 13.8 Å². The minimum absolute atomic E-state index is 0.0300. The summed E-state index contributed by atoms with van der Waals surface area (Å²) >= 11 is 0. The Balaban J connectivity index is 1.95. The third kappa shape index (κ3) is 2.20. The van der Waals surface area contributed by atoms with Crippen molar-refractivity contribution in [2.24, 2.45) is 5.73 Å². The van der Waals surface area contributed by atoms with Gasteiger partial charge in [0.15, 0.2) is 5.79 Å². The molecule has 0 bridgehead atoms. The summed E-state index contributed by atoms with van der Waals surface area (Å²) in [5, 5.41) is 0. The molecule has 3 rings (SSSR count). The van der Waals surface area contributed by atoms with Crippen LogP contribution in [0.1, 0.15) is 50.8 Å². The van der Waals surface area contributed by atoms with Crippen molar-refractivity contribution in [2.75, 3.05) is 6.61 Å². The first-order valence-corrected chi connectivity index (χ1v) is 7.11. The summed E-state index contributed by atoms with van der Waals surface area (Å²) in [6.45, 7) is 6.67. The molecule has 3 heteroatoms. The van der Waals surface area contributed by atoms with Gasteiger partial charge in [0.25, 0.3) is 0 Å². The van der Waals surface area contributed by atoms with Crippen LogP contribution in [0.15, 0.2) is 24.3 Å². The van der Waals surface area contributed by atoms with E-state index in [9.17, 15) is 0 Å². The molecule has 1 heterocycles. The Bertz CT molecular complexity index is 477. The average molecular weight is 261 g/mol. The van der Waals surface area contributed by atoms with Crippen molar-refractivity contribution in [3.63, 3.8) is 0 Å². The van der Waals surface area contributed by atoms with Gasteiger partial charge in [0, 0.05) is 11.5 Å². The van der Waals surface area contributed by atoms with Gasteiger partial charge < -0.3 is 15.2 Å². The molecule has 2 fully saturated rings. The van der Waals surface area contributed by atoms with E-state index < -0.39 is 5.79 Å². The monoisotopic (exact) mass is 261 g/mol.